The molecule has 2 aliphatic rings. The molecule has 218 valence electrons. The fourth-order valence-electron chi connectivity index (χ4n) is 6.04. The highest BCUT2D eigenvalue weighted by Crippen LogP contribution is 2.48. The van der Waals surface area contributed by atoms with E-state index in [-0.39, 0.29) is 11.1 Å². The van der Waals surface area contributed by atoms with Gasteiger partial charge in [0.1, 0.15) is 16.5 Å². The number of fused-ring (bicyclic) bond motifs is 4. The number of para-hydroxylation sites is 2. The van der Waals surface area contributed by atoms with Gasteiger partial charge < -0.3 is 9.64 Å². The minimum Gasteiger partial charge on any atom is -0.455 e. The highest BCUT2D eigenvalue weighted by Gasteiger charge is 2.37. The van der Waals surface area contributed by atoms with Gasteiger partial charge in [0.05, 0.1) is 15.5 Å². The van der Waals surface area contributed by atoms with E-state index in [0.29, 0.717) is 28.5 Å². The van der Waals surface area contributed by atoms with E-state index < -0.39 is 0 Å². The van der Waals surface area contributed by atoms with Gasteiger partial charge in [-0.25, -0.2) is 0 Å². The molecule has 5 nitrogen and oxygen atoms in total. The molecule has 0 bridgehead atoms. The predicted molar refractivity (Wildman–Crippen MR) is 186 cm³/mol. The van der Waals surface area contributed by atoms with Gasteiger partial charge in [-0.2, -0.15) is 0 Å². The summed E-state index contributed by atoms with van der Waals surface area (Å²) in [5.74, 6) is 1.03. The van der Waals surface area contributed by atoms with E-state index in [1.165, 1.54) is 21.1 Å². The van der Waals surface area contributed by atoms with E-state index in [9.17, 15) is 9.59 Å². The molecule has 0 N–H and O–H groups in total. The highest BCUT2D eigenvalue weighted by molar-refractivity contribution is 8.18. The molecular weight excluding hydrogens is 597 g/mol. The van der Waals surface area contributed by atoms with Crippen molar-refractivity contribution in [3.05, 3.63) is 143 Å². The molecule has 1 saturated heterocycles. The normalized spacial score (nSPS) is 16.2. The Morgan fingerprint density at radius 2 is 1.47 bits per heavy atom. The van der Waals surface area contributed by atoms with E-state index >= 15 is 0 Å². The van der Waals surface area contributed by atoms with Crippen molar-refractivity contribution < 1.29 is 14.3 Å². The Bertz CT molecular complexity index is 2220. The van der Waals surface area contributed by atoms with Crippen LogP contribution < -0.4 is 9.64 Å². The Labute approximate surface area is 268 Å². The first kappa shape index (κ1) is 27.4. The standard InChI is InChI=1S/C38H26N2O3S2/c1-2-39-37(41)36(45-38(39)42)30-23-33(43-32-19-11-10-18-29(30)32)34-20-21-35(44-34)40(25-13-4-3-5-14-25)31-22-24-12-6-7-15-26(24)27-16-8-9-17-28(27)31/h3-23H,2H2,1H3/b36-30+. The summed E-state index contributed by atoms with van der Waals surface area (Å²) in [7, 11) is 0. The van der Waals surface area contributed by atoms with Crippen LogP contribution in [0.1, 0.15) is 17.4 Å². The van der Waals surface area contributed by atoms with Gasteiger partial charge in [-0.15, -0.1) is 11.3 Å². The van der Waals surface area contributed by atoms with Crippen LogP contribution in [0, 0.1) is 0 Å². The van der Waals surface area contributed by atoms with Crippen LogP contribution in [0.4, 0.5) is 21.2 Å². The van der Waals surface area contributed by atoms with Crippen molar-refractivity contribution in [3.8, 4) is 5.75 Å². The van der Waals surface area contributed by atoms with Gasteiger partial charge in [-0.05, 0) is 77.3 Å². The summed E-state index contributed by atoms with van der Waals surface area (Å²) < 4.78 is 6.46. The van der Waals surface area contributed by atoms with Crippen LogP contribution in [0.5, 0.6) is 5.75 Å². The molecule has 0 spiro atoms. The zero-order chi connectivity index (χ0) is 30.5. The predicted octanol–water partition coefficient (Wildman–Crippen LogP) is 10.4. The number of amides is 2. The van der Waals surface area contributed by atoms with Crippen molar-refractivity contribution in [1.29, 1.82) is 0 Å². The summed E-state index contributed by atoms with van der Waals surface area (Å²) in [6, 6.07) is 41.5. The van der Waals surface area contributed by atoms with Crippen LogP contribution in [-0.2, 0) is 4.79 Å². The number of rotatable bonds is 5. The van der Waals surface area contributed by atoms with E-state index in [0.717, 1.165) is 44.0 Å². The topological polar surface area (TPSA) is 49.9 Å². The number of likely N-dealkylation sites (N-methyl/N-ethyl adjacent to an activating group) is 1. The number of thioether (sulfide) groups is 1. The molecule has 7 heteroatoms. The van der Waals surface area contributed by atoms with Crippen molar-refractivity contribution in [2.24, 2.45) is 0 Å². The lowest BCUT2D eigenvalue weighted by molar-refractivity contribution is -0.122. The Hall–Kier alpha value is -5.11. The first-order chi connectivity index (χ1) is 22.1. The fourth-order valence-corrected chi connectivity index (χ4v) is 8.01. The van der Waals surface area contributed by atoms with Gasteiger partial charge in [-0.1, -0.05) is 84.9 Å². The van der Waals surface area contributed by atoms with E-state index in [1.54, 1.807) is 11.3 Å². The van der Waals surface area contributed by atoms with Gasteiger partial charge in [0.15, 0.2) is 0 Å². The molecule has 8 rings (SSSR count). The minimum atomic E-state index is -0.264. The average Bonchev–Trinajstić information content (AvgIpc) is 3.68. The van der Waals surface area contributed by atoms with E-state index in [4.69, 9.17) is 4.74 Å². The molecule has 6 aromatic rings. The highest BCUT2D eigenvalue weighted by atomic mass is 32.2. The first-order valence-electron chi connectivity index (χ1n) is 14.7. The maximum Gasteiger partial charge on any atom is 0.293 e. The smallest absolute Gasteiger partial charge is 0.293 e. The lowest BCUT2D eigenvalue weighted by Crippen LogP contribution is -2.27. The Balaban J connectivity index is 1.29. The van der Waals surface area contributed by atoms with Crippen molar-refractivity contribution in [2.75, 3.05) is 11.4 Å². The van der Waals surface area contributed by atoms with Crippen LogP contribution in [0.25, 0.3) is 32.9 Å². The van der Waals surface area contributed by atoms with Gasteiger partial charge >= 0.3 is 0 Å². The number of anilines is 3. The number of ether oxygens (including phenoxy) is 1. The number of hydrogen-bond acceptors (Lipinski definition) is 6. The monoisotopic (exact) mass is 622 g/mol. The average molecular weight is 623 g/mol. The third-order valence-electron chi connectivity index (χ3n) is 8.14. The van der Waals surface area contributed by atoms with Crippen molar-refractivity contribution in [1.82, 2.24) is 4.90 Å². The lowest BCUT2D eigenvalue weighted by atomic mass is 9.99. The molecule has 0 atom stereocenters. The summed E-state index contributed by atoms with van der Waals surface area (Å²) in [4.78, 5) is 30.8. The van der Waals surface area contributed by atoms with Crippen LogP contribution in [0.3, 0.4) is 0 Å². The molecule has 2 aliphatic heterocycles. The van der Waals surface area contributed by atoms with Crippen molar-refractivity contribution in [3.63, 3.8) is 0 Å². The number of carbonyl (C=O) groups is 2. The third kappa shape index (κ3) is 4.63. The zero-order valence-corrected chi connectivity index (χ0v) is 25.9. The quantitative estimate of drug-likeness (QED) is 0.141. The fraction of sp³-hybridized carbons (Fsp3) is 0.0526. The van der Waals surface area contributed by atoms with Crippen molar-refractivity contribution >= 4 is 83.5 Å². The molecule has 0 radical (unpaired) electrons. The van der Waals surface area contributed by atoms with Gasteiger partial charge in [0, 0.05) is 28.8 Å². The number of benzene rings is 5. The molecular formula is C38H26N2O3S2. The molecule has 0 saturated carbocycles. The number of carbonyl (C=O) groups excluding carboxylic acids is 2. The van der Waals surface area contributed by atoms with E-state index in [1.807, 2.05) is 43.3 Å². The summed E-state index contributed by atoms with van der Waals surface area (Å²) in [6.07, 6.45) is 1.91. The molecule has 3 heterocycles. The lowest BCUT2D eigenvalue weighted by Gasteiger charge is -2.26. The van der Waals surface area contributed by atoms with Crippen molar-refractivity contribution in [2.45, 2.75) is 6.92 Å². The molecule has 5 aromatic carbocycles. The Kier molecular flexibility index (Phi) is 6.77. The number of nitrogens with zero attached hydrogens (tertiary/aromatic N) is 2. The van der Waals surface area contributed by atoms with Gasteiger partial charge in [0.2, 0.25) is 0 Å². The first-order valence-corrected chi connectivity index (χ1v) is 16.4. The van der Waals surface area contributed by atoms with Crippen LogP contribution in [0.15, 0.2) is 132 Å². The summed E-state index contributed by atoms with van der Waals surface area (Å²) in [5.41, 5.74) is 3.64. The second-order valence-corrected chi connectivity index (χ2v) is 12.8. The molecule has 1 fully saturated rings. The Morgan fingerprint density at radius 3 is 2.27 bits per heavy atom. The second kappa shape index (κ2) is 11.1. The maximum absolute atomic E-state index is 13.3. The third-order valence-corrected chi connectivity index (χ3v) is 10.2. The number of imide groups is 1. The second-order valence-electron chi connectivity index (χ2n) is 10.7. The van der Waals surface area contributed by atoms with Crippen LogP contribution in [0.2, 0.25) is 0 Å². The summed E-state index contributed by atoms with van der Waals surface area (Å²) in [5, 5.41) is 5.52. The minimum absolute atomic E-state index is 0.247. The number of hydrogen-bond donors (Lipinski definition) is 0. The molecule has 45 heavy (non-hydrogen) atoms. The van der Waals surface area contributed by atoms with Crippen LogP contribution in [-0.4, -0.2) is 22.6 Å². The van der Waals surface area contributed by atoms with Gasteiger partial charge in [-0.3, -0.25) is 14.5 Å². The molecule has 1 aromatic heterocycles. The maximum atomic E-state index is 13.3. The molecule has 0 unspecified atom stereocenters. The zero-order valence-electron chi connectivity index (χ0n) is 24.3. The summed E-state index contributed by atoms with van der Waals surface area (Å²) in [6.45, 7) is 2.15. The SMILES string of the molecule is CCN1C(=O)S/C(=C2\C=C(c3ccc(N(c4ccccc4)c4cc5ccccc5c5ccccc45)s3)Oc3ccccc32)C1=O. The molecule has 0 aliphatic carbocycles. The number of thiophene rings is 1. The van der Waals surface area contributed by atoms with Gasteiger partial charge in [0.25, 0.3) is 11.1 Å². The largest absolute Gasteiger partial charge is 0.455 e. The Morgan fingerprint density at radius 1 is 0.756 bits per heavy atom. The van der Waals surface area contributed by atoms with Crippen LogP contribution >= 0.6 is 23.1 Å². The summed E-state index contributed by atoms with van der Waals surface area (Å²) >= 11 is 2.61. The number of allylic oxidation sites excluding steroid dienone is 2. The van der Waals surface area contributed by atoms with E-state index in [2.05, 4.69) is 95.9 Å². The molecule has 2 amide bonds.